The Morgan fingerprint density at radius 2 is 2.43 bits per heavy atom. The zero-order valence-electron chi connectivity index (χ0n) is 8.08. The zero-order valence-corrected chi connectivity index (χ0v) is 8.08. The molecule has 2 rings (SSSR count). The van der Waals surface area contributed by atoms with Crippen molar-refractivity contribution in [1.29, 1.82) is 0 Å². The van der Waals surface area contributed by atoms with Gasteiger partial charge in [-0.05, 0) is 30.1 Å². The molecule has 0 amide bonds. The van der Waals surface area contributed by atoms with E-state index in [1.807, 2.05) is 6.08 Å². The van der Waals surface area contributed by atoms with E-state index in [0.29, 0.717) is 6.42 Å². The standard InChI is InChI=1S/C11H12O3/c1-13-11(12)6-8-2-3-9-7-14-5-4-10(8)9/h4-5,7H,2-3,6H2,1H3. The van der Waals surface area contributed by atoms with Gasteiger partial charge < -0.3 is 9.47 Å². The van der Waals surface area contributed by atoms with Gasteiger partial charge in [0.05, 0.1) is 26.1 Å². The molecule has 0 aromatic rings. The van der Waals surface area contributed by atoms with E-state index in [-0.39, 0.29) is 5.97 Å². The normalized spacial score (nSPS) is 18.8. The van der Waals surface area contributed by atoms with Gasteiger partial charge in [0.25, 0.3) is 0 Å². The van der Waals surface area contributed by atoms with E-state index in [9.17, 15) is 4.79 Å². The number of rotatable bonds is 2. The van der Waals surface area contributed by atoms with Crippen molar-refractivity contribution in [2.45, 2.75) is 19.3 Å². The fourth-order valence-corrected chi connectivity index (χ4v) is 1.79. The van der Waals surface area contributed by atoms with E-state index in [1.165, 1.54) is 12.7 Å². The maximum absolute atomic E-state index is 11.1. The van der Waals surface area contributed by atoms with E-state index < -0.39 is 0 Å². The minimum Gasteiger partial charge on any atom is -0.472 e. The Balaban J connectivity index is 2.18. The number of carbonyl (C=O) groups is 1. The van der Waals surface area contributed by atoms with Crippen molar-refractivity contribution in [2.24, 2.45) is 0 Å². The molecule has 2 aliphatic rings. The van der Waals surface area contributed by atoms with Gasteiger partial charge in [0, 0.05) is 0 Å². The lowest BCUT2D eigenvalue weighted by molar-refractivity contribution is -0.139. The molecule has 0 aromatic heterocycles. The lowest BCUT2D eigenvalue weighted by Gasteiger charge is -2.07. The fraction of sp³-hybridized carbons (Fsp3) is 0.364. The van der Waals surface area contributed by atoms with Crippen LogP contribution in [0.25, 0.3) is 0 Å². The molecule has 3 nitrogen and oxygen atoms in total. The quantitative estimate of drug-likeness (QED) is 0.628. The SMILES string of the molecule is COC(=O)CC1=C2C=COC=C2CC1. The Morgan fingerprint density at radius 3 is 3.21 bits per heavy atom. The van der Waals surface area contributed by atoms with Crippen molar-refractivity contribution in [3.63, 3.8) is 0 Å². The third-order valence-corrected chi connectivity index (χ3v) is 2.53. The average Bonchev–Trinajstić information content (AvgIpc) is 2.62. The van der Waals surface area contributed by atoms with Crippen LogP contribution in [0.1, 0.15) is 19.3 Å². The Bertz CT molecular complexity index is 348. The summed E-state index contributed by atoms with van der Waals surface area (Å²) < 4.78 is 9.71. The molecule has 0 unspecified atom stereocenters. The molecule has 74 valence electrons. The monoisotopic (exact) mass is 192 g/mol. The summed E-state index contributed by atoms with van der Waals surface area (Å²) in [6, 6.07) is 0. The van der Waals surface area contributed by atoms with Crippen molar-refractivity contribution in [3.05, 3.63) is 35.3 Å². The van der Waals surface area contributed by atoms with Gasteiger partial charge in [-0.3, -0.25) is 4.79 Å². The number of hydrogen-bond acceptors (Lipinski definition) is 3. The molecule has 0 saturated carbocycles. The van der Waals surface area contributed by atoms with E-state index in [1.54, 1.807) is 12.5 Å². The summed E-state index contributed by atoms with van der Waals surface area (Å²) in [6.45, 7) is 0. The molecule has 0 bridgehead atoms. The average molecular weight is 192 g/mol. The summed E-state index contributed by atoms with van der Waals surface area (Å²) in [4.78, 5) is 11.1. The number of carbonyl (C=O) groups excluding carboxylic acids is 1. The number of methoxy groups -OCH3 is 1. The molecule has 14 heavy (non-hydrogen) atoms. The Hall–Kier alpha value is -1.51. The third-order valence-electron chi connectivity index (χ3n) is 2.53. The molecule has 1 heterocycles. The number of esters is 1. The van der Waals surface area contributed by atoms with Crippen LogP contribution >= 0.6 is 0 Å². The number of hydrogen-bond donors (Lipinski definition) is 0. The van der Waals surface area contributed by atoms with Gasteiger partial charge in [0.2, 0.25) is 0 Å². The van der Waals surface area contributed by atoms with Gasteiger partial charge in [-0.25, -0.2) is 0 Å². The van der Waals surface area contributed by atoms with E-state index in [2.05, 4.69) is 4.74 Å². The first-order chi connectivity index (χ1) is 6.81. The molecule has 0 spiro atoms. The largest absolute Gasteiger partial charge is 0.472 e. The second kappa shape index (κ2) is 3.70. The maximum atomic E-state index is 11.1. The number of fused-ring (bicyclic) bond motifs is 1. The van der Waals surface area contributed by atoms with Crippen molar-refractivity contribution in [3.8, 4) is 0 Å². The number of ether oxygens (including phenoxy) is 2. The summed E-state index contributed by atoms with van der Waals surface area (Å²) in [5, 5.41) is 0. The summed E-state index contributed by atoms with van der Waals surface area (Å²) in [5.41, 5.74) is 3.50. The van der Waals surface area contributed by atoms with Crippen LogP contribution in [0.15, 0.2) is 35.3 Å². The van der Waals surface area contributed by atoms with Crippen LogP contribution in [0.3, 0.4) is 0 Å². The molecular formula is C11H12O3. The molecule has 1 aliphatic carbocycles. The van der Waals surface area contributed by atoms with E-state index >= 15 is 0 Å². The summed E-state index contributed by atoms with van der Waals surface area (Å²) in [7, 11) is 1.42. The molecule has 0 aromatic carbocycles. The molecule has 0 saturated heterocycles. The zero-order chi connectivity index (χ0) is 9.97. The summed E-state index contributed by atoms with van der Waals surface area (Å²) >= 11 is 0. The van der Waals surface area contributed by atoms with Crippen LogP contribution in [0.4, 0.5) is 0 Å². The van der Waals surface area contributed by atoms with Gasteiger partial charge >= 0.3 is 5.97 Å². The first-order valence-electron chi connectivity index (χ1n) is 4.61. The highest BCUT2D eigenvalue weighted by Gasteiger charge is 2.21. The smallest absolute Gasteiger partial charge is 0.309 e. The Labute approximate surface area is 82.7 Å². The summed E-state index contributed by atoms with van der Waals surface area (Å²) in [6.07, 6.45) is 7.60. The molecule has 0 N–H and O–H groups in total. The molecule has 3 heteroatoms. The van der Waals surface area contributed by atoms with Gasteiger partial charge in [-0.2, -0.15) is 0 Å². The van der Waals surface area contributed by atoms with Gasteiger partial charge in [0.1, 0.15) is 0 Å². The molecular weight excluding hydrogens is 180 g/mol. The lowest BCUT2D eigenvalue weighted by Crippen LogP contribution is -2.01. The highest BCUT2D eigenvalue weighted by Crippen LogP contribution is 2.35. The summed E-state index contributed by atoms with van der Waals surface area (Å²) in [5.74, 6) is -0.173. The van der Waals surface area contributed by atoms with Crippen LogP contribution < -0.4 is 0 Å². The highest BCUT2D eigenvalue weighted by molar-refractivity contribution is 5.74. The second-order valence-corrected chi connectivity index (χ2v) is 3.35. The maximum Gasteiger partial charge on any atom is 0.309 e. The third kappa shape index (κ3) is 1.58. The Morgan fingerprint density at radius 1 is 1.57 bits per heavy atom. The molecule has 0 radical (unpaired) electrons. The first kappa shape index (κ1) is 9.06. The van der Waals surface area contributed by atoms with Crippen molar-refractivity contribution < 1.29 is 14.3 Å². The fourth-order valence-electron chi connectivity index (χ4n) is 1.79. The molecule has 0 atom stereocenters. The lowest BCUT2D eigenvalue weighted by atomic mass is 10.1. The predicted octanol–water partition coefficient (Wildman–Crippen LogP) is 2.07. The van der Waals surface area contributed by atoms with Crippen LogP contribution in [0.2, 0.25) is 0 Å². The minimum absolute atomic E-state index is 0.173. The van der Waals surface area contributed by atoms with Gasteiger partial charge in [-0.15, -0.1) is 0 Å². The van der Waals surface area contributed by atoms with Crippen molar-refractivity contribution >= 4 is 5.97 Å². The predicted molar refractivity (Wildman–Crippen MR) is 51.2 cm³/mol. The number of allylic oxidation sites excluding steroid dienone is 3. The van der Waals surface area contributed by atoms with Gasteiger partial charge in [-0.1, -0.05) is 5.57 Å². The highest BCUT2D eigenvalue weighted by atomic mass is 16.5. The van der Waals surface area contributed by atoms with Crippen molar-refractivity contribution in [1.82, 2.24) is 0 Å². The molecule has 1 aliphatic heterocycles. The van der Waals surface area contributed by atoms with E-state index in [4.69, 9.17) is 4.74 Å². The van der Waals surface area contributed by atoms with E-state index in [0.717, 1.165) is 24.0 Å². The molecule has 0 fully saturated rings. The van der Waals surface area contributed by atoms with Gasteiger partial charge in [0.15, 0.2) is 0 Å². The first-order valence-corrected chi connectivity index (χ1v) is 4.61. The Kier molecular flexibility index (Phi) is 2.39. The topological polar surface area (TPSA) is 35.5 Å². The van der Waals surface area contributed by atoms with Crippen LogP contribution in [0, 0.1) is 0 Å². The van der Waals surface area contributed by atoms with Crippen LogP contribution in [-0.2, 0) is 14.3 Å². The van der Waals surface area contributed by atoms with Crippen LogP contribution in [0.5, 0.6) is 0 Å². The minimum atomic E-state index is -0.173. The van der Waals surface area contributed by atoms with Crippen molar-refractivity contribution in [2.75, 3.05) is 7.11 Å². The van der Waals surface area contributed by atoms with Crippen LogP contribution in [-0.4, -0.2) is 13.1 Å². The second-order valence-electron chi connectivity index (χ2n) is 3.35.